The van der Waals surface area contributed by atoms with Gasteiger partial charge in [0.25, 0.3) is 0 Å². The molecule has 20 heavy (non-hydrogen) atoms. The molecule has 0 heterocycles. The molecule has 2 nitrogen and oxygen atoms in total. The van der Waals surface area contributed by atoms with Gasteiger partial charge in [-0.1, -0.05) is 55.5 Å². The summed E-state index contributed by atoms with van der Waals surface area (Å²) in [5.74, 6) is 0.998. The van der Waals surface area contributed by atoms with Gasteiger partial charge in [-0.25, -0.2) is 0 Å². The van der Waals surface area contributed by atoms with Crippen LogP contribution in [0.1, 0.15) is 18.1 Å². The van der Waals surface area contributed by atoms with Crippen LogP contribution in [0.5, 0.6) is 0 Å². The van der Waals surface area contributed by atoms with Crippen molar-refractivity contribution in [2.75, 3.05) is 11.1 Å². The fourth-order valence-electron chi connectivity index (χ4n) is 2.00. The Morgan fingerprint density at radius 1 is 1.15 bits per heavy atom. The highest BCUT2D eigenvalue weighted by atomic mass is 32.2. The molecule has 104 valence electrons. The third-order valence-electron chi connectivity index (χ3n) is 2.90. The highest BCUT2D eigenvalue weighted by molar-refractivity contribution is 7.99. The predicted octanol–water partition coefficient (Wildman–Crippen LogP) is 4.04. The molecule has 0 aliphatic carbocycles. The third kappa shape index (κ3) is 3.74. The van der Waals surface area contributed by atoms with E-state index in [1.165, 1.54) is 5.56 Å². The van der Waals surface area contributed by atoms with Gasteiger partial charge in [0, 0.05) is 22.7 Å². The van der Waals surface area contributed by atoms with E-state index >= 15 is 0 Å². The average Bonchev–Trinajstić information content (AvgIpc) is 2.46. The molecule has 0 unspecified atom stereocenters. The average molecular weight is 302 g/mol. The number of nitrogens with one attached hydrogen (secondary N) is 1. The normalized spacial score (nSPS) is 10.2. The number of thioether (sulfide) groups is 1. The van der Waals surface area contributed by atoms with Crippen LogP contribution in [0.2, 0.25) is 0 Å². The Morgan fingerprint density at radius 2 is 1.90 bits per heavy atom. The fourth-order valence-corrected chi connectivity index (χ4v) is 3.14. The van der Waals surface area contributed by atoms with E-state index in [2.05, 4.69) is 30.4 Å². The maximum absolute atomic E-state index is 5.89. The van der Waals surface area contributed by atoms with E-state index < -0.39 is 0 Å². The Hall–Kier alpha value is -1.52. The molecule has 0 aromatic heterocycles. The molecule has 2 rings (SSSR count). The Labute approximate surface area is 129 Å². The summed E-state index contributed by atoms with van der Waals surface area (Å²) in [5, 5.41) is 3.43. The van der Waals surface area contributed by atoms with Crippen molar-refractivity contribution < 1.29 is 0 Å². The second-order valence-corrected chi connectivity index (χ2v) is 6.06. The van der Waals surface area contributed by atoms with Crippen LogP contribution in [0.4, 0.5) is 5.69 Å². The molecule has 0 radical (unpaired) electrons. The lowest BCUT2D eigenvalue weighted by molar-refractivity contribution is 1.14. The number of thiocarbonyl (C=S) groups is 1. The molecule has 0 spiro atoms. The minimum Gasteiger partial charge on any atom is -0.389 e. The highest BCUT2D eigenvalue weighted by Crippen LogP contribution is 2.28. The number of hydrogen-bond acceptors (Lipinski definition) is 3. The number of benzene rings is 2. The van der Waals surface area contributed by atoms with Crippen LogP contribution in [-0.4, -0.2) is 10.7 Å². The fraction of sp³-hybridized carbons (Fsp3) is 0.188. The maximum Gasteiger partial charge on any atom is 0.107 e. The second kappa shape index (κ2) is 7.31. The van der Waals surface area contributed by atoms with Gasteiger partial charge in [0.2, 0.25) is 0 Å². The van der Waals surface area contributed by atoms with E-state index in [0.29, 0.717) is 4.99 Å². The van der Waals surface area contributed by atoms with Crippen LogP contribution < -0.4 is 11.1 Å². The molecule has 0 aliphatic rings. The maximum atomic E-state index is 5.89. The predicted molar refractivity (Wildman–Crippen MR) is 92.5 cm³/mol. The van der Waals surface area contributed by atoms with Crippen molar-refractivity contribution in [1.29, 1.82) is 0 Å². The van der Waals surface area contributed by atoms with Crippen LogP contribution >= 0.6 is 24.0 Å². The quantitative estimate of drug-likeness (QED) is 0.624. The topological polar surface area (TPSA) is 38.0 Å². The Kier molecular flexibility index (Phi) is 5.44. The zero-order valence-electron chi connectivity index (χ0n) is 11.4. The van der Waals surface area contributed by atoms with Crippen LogP contribution in [0, 0.1) is 0 Å². The summed E-state index contributed by atoms with van der Waals surface area (Å²) in [6.07, 6.45) is 0. The van der Waals surface area contributed by atoms with Crippen LogP contribution in [0.15, 0.2) is 53.4 Å². The third-order valence-corrected chi connectivity index (χ3v) is 4.04. The molecule has 2 aromatic rings. The molecular weight excluding hydrogens is 284 g/mol. The zero-order valence-corrected chi connectivity index (χ0v) is 13.1. The molecular formula is C16H18N2S2. The first kappa shape index (κ1) is 14.9. The monoisotopic (exact) mass is 302 g/mol. The SMILES string of the molecule is CCSc1cccc(NCc2ccccc2)c1C(N)=S. The van der Waals surface area contributed by atoms with Crippen molar-refractivity contribution in [3.05, 3.63) is 59.7 Å². The first-order valence-electron chi connectivity index (χ1n) is 6.55. The molecule has 0 aliphatic heterocycles. The molecule has 0 amide bonds. The lowest BCUT2D eigenvalue weighted by Gasteiger charge is -2.15. The standard InChI is InChI=1S/C16H18N2S2/c1-2-20-14-10-6-9-13(15(14)16(17)19)18-11-12-7-4-3-5-8-12/h3-10,18H,2,11H2,1H3,(H2,17,19). The lowest BCUT2D eigenvalue weighted by Crippen LogP contribution is -2.14. The summed E-state index contributed by atoms with van der Waals surface area (Å²) in [5.41, 5.74) is 9.07. The van der Waals surface area contributed by atoms with Crippen LogP contribution in [0.25, 0.3) is 0 Å². The lowest BCUT2D eigenvalue weighted by atomic mass is 10.1. The molecule has 0 saturated heterocycles. The molecule has 0 saturated carbocycles. The summed E-state index contributed by atoms with van der Waals surface area (Å²) in [6, 6.07) is 16.4. The first-order valence-corrected chi connectivity index (χ1v) is 7.95. The Balaban J connectivity index is 2.22. The van der Waals surface area contributed by atoms with E-state index in [0.717, 1.165) is 28.4 Å². The Bertz CT molecular complexity index is 582. The number of rotatable bonds is 6. The second-order valence-electron chi connectivity index (χ2n) is 4.32. The van der Waals surface area contributed by atoms with Crippen molar-refractivity contribution in [3.63, 3.8) is 0 Å². The smallest absolute Gasteiger partial charge is 0.107 e. The van der Waals surface area contributed by atoms with Crippen molar-refractivity contribution in [2.45, 2.75) is 18.4 Å². The van der Waals surface area contributed by atoms with E-state index in [-0.39, 0.29) is 0 Å². The number of anilines is 1. The van der Waals surface area contributed by atoms with Gasteiger partial charge in [0.15, 0.2) is 0 Å². The zero-order chi connectivity index (χ0) is 14.4. The van der Waals surface area contributed by atoms with Crippen molar-refractivity contribution in [1.82, 2.24) is 0 Å². The van der Waals surface area contributed by atoms with E-state index in [1.807, 2.05) is 30.3 Å². The summed E-state index contributed by atoms with van der Waals surface area (Å²) >= 11 is 6.97. The van der Waals surface area contributed by atoms with Crippen molar-refractivity contribution in [2.24, 2.45) is 5.73 Å². The van der Waals surface area contributed by atoms with Gasteiger partial charge in [-0.2, -0.15) is 0 Å². The molecule has 0 atom stereocenters. The minimum absolute atomic E-state index is 0.442. The van der Waals surface area contributed by atoms with Gasteiger partial charge in [-0.05, 0) is 23.4 Å². The largest absolute Gasteiger partial charge is 0.389 e. The van der Waals surface area contributed by atoms with E-state index in [9.17, 15) is 0 Å². The molecule has 3 N–H and O–H groups in total. The van der Waals surface area contributed by atoms with Gasteiger partial charge >= 0.3 is 0 Å². The van der Waals surface area contributed by atoms with Gasteiger partial charge in [0.05, 0.1) is 0 Å². The van der Waals surface area contributed by atoms with Crippen molar-refractivity contribution in [3.8, 4) is 0 Å². The van der Waals surface area contributed by atoms with Crippen LogP contribution in [-0.2, 0) is 6.54 Å². The van der Waals surface area contributed by atoms with E-state index in [4.69, 9.17) is 18.0 Å². The van der Waals surface area contributed by atoms with Crippen LogP contribution in [0.3, 0.4) is 0 Å². The summed E-state index contributed by atoms with van der Waals surface area (Å²) in [4.78, 5) is 1.58. The van der Waals surface area contributed by atoms with Gasteiger partial charge in [0.1, 0.15) is 4.99 Å². The molecule has 0 bridgehead atoms. The van der Waals surface area contributed by atoms with Gasteiger partial charge in [-0.3, -0.25) is 0 Å². The number of nitrogens with two attached hydrogens (primary N) is 1. The van der Waals surface area contributed by atoms with Gasteiger partial charge in [-0.15, -0.1) is 11.8 Å². The number of hydrogen-bond donors (Lipinski definition) is 2. The van der Waals surface area contributed by atoms with Gasteiger partial charge < -0.3 is 11.1 Å². The molecule has 2 aromatic carbocycles. The highest BCUT2D eigenvalue weighted by Gasteiger charge is 2.10. The van der Waals surface area contributed by atoms with Crippen molar-refractivity contribution >= 4 is 34.7 Å². The first-order chi connectivity index (χ1) is 9.72. The Morgan fingerprint density at radius 3 is 2.55 bits per heavy atom. The molecule has 4 heteroatoms. The minimum atomic E-state index is 0.442. The summed E-state index contributed by atoms with van der Waals surface area (Å²) in [7, 11) is 0. The van der Waals surface area contributed by atoms with E-state index in [1.54, 1.807) is 11.8 Å². The summed E-state index contributed by atoms with van der Waals surface area (Å²) in [6.45, 7) is 2.88. The summed E-state index contributed by atoms with van der Waals surface area (Å²) < 4.78 is 0. The molecule has 0 fully saturated rings.